The van der Waals surface area contributed by atoms with Gasteiger partial charge in [-0.15, -0.1) is 0 Å². The highest BCUT2D eigenvalue weighted by Crippen LogP contribution is 2.37. The van der Waals surface area contributed by atoms with Crippen LogP contribution < -0.4 is 5.32 Å². The molecule has 1 saturated carbocycles. The maximum absolute atomic E-state index is 3.64. The van der Waals surface area contributed by atoms with Crippen LogP contribution in [0.25, 0.3) is 0 Å². The van der Waals surface area contributed by atoms with Gasteiger partial charge in [-0.25, -0.2) is 0 Å². The van der Waals surface area contributed by atoms with Crippen LogP contribution in [0.15, 0.2) is 25.6 Å². The maximum atomic E-state index is 3.64. The zero-order valence-electron chi connectivity index (χ0n) is 9.06. The lowest BCUT2D eigenvalue weighted by molar-refractivity contribution is 0.556. The Morgan fingerprint density at radius 3 is 2.25 bits per heavy atom. The molecule has 0 radical (unpaired) electrons. The summed E-state index contributed by atoms with van der Waals surface area (Å²) in [5.74, 6) is 0.766. The van der Waals surface area contributed by atoms with Gasteiger partial charge in [-0.2, -0.15) is 0 Å². The summed E-state index contributed by atoms with van der Waals surface area (Å²) in [7, 11) is 0. The lowest BCUT2D eigenvalue weighted by atomic mass is 10.1. The molecule has 0 aromatic heterocycles. The molecule has 1 aliphatic rings. The Morgan fingerprint density at radius 1 is 1.12 bits per heavy atom. The van der Waals surface area contributed by atoms with E-state index in [0.717, 1.165) is 19.3 Å². The summed E-state index contributed by atoms with van der Waals surface area (Å²) in [5, 5.41) is 3.64. The Labute approximate surface area is 122 Å². The summed E-state index contributed by atoms with van der Waals surface area (Å²) in [4.78, 5) is 0. The Balaban J connectivity index is 2.21. The largest absolute Gasteiger partial charge is 0.380 e. The fraction of sp³-hybridized carbons (Fsp3) is 0.500. The average molecular weight is 412 g/mol. The fourth-order valence-corrected chi connectivity index (χ4v) is 4.71. The summed E-state index contributed by atoms with van der Waals surface area (Å²) in [6, 6.07) is 4.76. The summed E-state index contributed by atoms with van der Waals surface area (Å²) < 4.78 is 3.29. The van der Waals surface area contributed by atoms with Gasteiger partial charge in [-0.1, -0.05) is 29.3 Å². The smallest absolute Gasteiger partial charge is 0.0632 e. The number of rotatable bonds is 2. The van der Waals surface area contributed by atoms with Crippen LogP contribution in [0.4, 0.5) is 5.69 Å². The van der Waals surface area contributed by atoms with Gasteiger partial charge in [0.2, 0.25) is 0 Å². The topological polar surface area (TPSA) is 12.0 Å². The van der Waals surface area contributed by atoms with Gasteiger partial charge in [0, 0.05) is 19.5 Å². The van der Waals surface area contributed by atoms with Gasteiger partial charge in [-0.05, 0) is 62.8 Å². The van der Waals surface area contributed by atoms with Crippen molar-refractivity contribution in [2.75, 3.05) is 5.32 Å². The molecule has 1 aliphatic carbocycles. The molecule has 0 spiro atoms. The molecule has 0 heterocycles. The first kappa shape index (κ1) is 12.9. The Kier molecular flexibility index (Phi) is 4.36. The van der Waals surface area contributed by atoms with Gasteiger partial charge in [0.05, 0.1) is 5.69 Å². The van der Waals surface area contributed by atoms with Gasteiger partial charge in [-0.3, -0.25) is 0 Å². The van der Waals surface area contributed by atoms with E-state index in [0.29, 0.717) is 6.04 Å². The molecule has 88 valence electrons. The summed E-state index contributed by atoms with van der Waals surface area (Å²) in [6.45, 7) is 2.32. The monoisotopic (exact) mass is 409 g/mol. The molecule has 1 aromatic carbocycles. The van der Waals surface area contributed by atoms with Crippen LogP contribution in [0, 0.1) is 5.92 Å². The number of hydrogen-bond acceptors (Lipinski definition) is 1. The highest BCUT2D eigenvalue weighted by Gasteiger charge is 2.24. The standard InChI is InChI=1S/C12H14Br3N/c1-7-3-2-4-11(7)16-12-9(14)5-8(13)6-10(12)15/h5-7,11,16H,2-4H2,1H3. The zero-order chi connectivity index (χ0) is 11.7. The summed E-state index contributed by atoms with van der Waals surface area (Å²) in [5.41, 5.74) is 1.17. The Morgan fingerprint density at radius 2 is 1.75 bits per heavy atom. The van der Waals surface area contributed by atoms with Crippen LogP contribution in [0.1, 0.15) is 26.2 Å². The molecule has 1 fully saturated rings. The van der Waals surface area contributed by atoms with Gasteiger partial charge >= 0.3 is 0 Å². The molecule has 1 aromatic rings. The lowest BCUT2D eigenvalue weighted by Crippen LogP contribution is -2.22. The molecule has 0 aliphatic heterocycles. The predicted octanol–water partition coefficient (Wildman–Crippen LogP) is 5.57. The number of nitrogens with one attached hydrogen (secondary N) is 1. The molecular formula is C12H14Br3N. The third-order valence-corrected chi connectivity index (χ3v) is 4.91. The highest BCUT2D eigenvalue weighted by molar-refractivity contribution is 9.11. The first-order chi connectivity index (χ1) is 7.58. The van der Waals surface area contributed by atoms with Crippen molar-refractivity contribution < 1.29 is 0 Å². The minimum absolute atomic E-state index is 0.605. The van der Waals surface area contributed by atoms with Crippen LogP contribution >= 0.6 is 47.8 Å². The van der Waals surface area contributed by atoms with E-state index in [2.05, 4.69) is 72.2 Å². The second-order valence-corrected chi connectivity index (χ2v) is 7.03. The van der Waals surface area contributed by atoms with Crippen LogP contribution in [-0.2, 0) is 0 Å². The summed E-state index contributed by atoms with van der Waals surface area (Å²) >= 11 is 10.7. The first-order valence-electron chi connectivity index (χ1n) is 5.49. The van der Waals surface area contributed by atoms with Crippen LogP contribution in [-0.4, -0.2) is 6.04 Å². The number of benzene rings is 1. The molecule has 0 amide bonds. The van der Waals surface area contributed by atoms with Gasteiger partial charge in [0.25, 0.3) is 0 Å². The number of hydrogen-bond donors (Lipinski definition) is 1. The van der Waals surface area contributed by atoms with E-state index < -0.39 is 0 Å². The zero-order valence-corrected chi connectivity index (χ0v) is 13.8. The Bertz CT molecular complexity index is 369. The van der Waals surface area contributed by atoms with Crippen molar-refractivity contribution >= 4 is 53.5 Å². The van der Waals surface area contributed by atoms with Gasteiger partial charge in [0.15, 0.2) is 0 Å². The quantitative estimate of drug-likeness (QED) is 0.670. The highest BCUT2D eigenvalue weighted by atomic mass is 79.9. The van der Waals surface area contributed by atoms with Crippen molar-refractivity contribution in [2.45, 2.75) is 32.2 Å². The molecule has 4 heteroatoms. The first-order valence-corrected chi connectivity index (χ1v) is 7.87. The van der Waals surface area contributed by atoms with Gasteiger partial charge in [0.1, 0.15) is 0 Å². The normalized spacial score (nSPS) is 24.8. The van der Waals surface area contributed by atoms with Crippen molar-refractivity contribution in [1.29, 1.82) is 0 Å². The minimum atomic E-state index is 0.605. The molecule has 1 nitrogen and oxygen atoms in total. The van der Waals surface area contributed by atoms with E-state index in [-0.39, 0.29) is 0 Å². The third-order valence-electron chi connectivity index (χ3n) is 3.20. The van der Waals surface area contributed by atoms with E-state index in [1.807, 2.05) is 0 Å². The molecule has 2 rings (SSSR count). The molecule has 0 saturated heterocycles. The fourth-order valence-electron chi connectivity index (χ4n) is 2.23. The van der Waals surface area contributed by atoms with E-state index in [1.165, 1.54) is 24.9 Å². The van der Waals surface area contributed by atoms with Crippen molar-refractivity contribution in [3.8, 4) is 0 Å². The number of anilines is 1. The predicted molar refractivity (Wildman–Crippen MR) is 80.0 cm³/mol. The van der Waals surface area contributed by atoms with Crippen molar-refractivity contribution in [2.24, 2.45) is 5.92 Å². The average Bonchev–Trinajstić information content (AvgIpc) is 2.57. The SMILES string of the molecule is CC1CCCC1Nc1c(Br)cc(Br)cc1Br. The molecular weight excluding hydrogens is 398 g/mol. The Hall–Kier alpha value is 0.460. The second-order valence-electron chi connectivity index (χ2n) is 4.40. The molecule has 2 atom stereocenters. The van der Waals surface area contributed by atoms with Crippen molar-refractivity contribution in [3.63, 3.8) is 0 Å². The lowest BCUT2D eigenvalue weighted by Gasteiger charge is -2.21. The molecule has 0 bridgehead atoms. The number of halogens is 3. The van der Waals surface area contributed by atoms with Crippen LogP contribution in [0.5, 0.6) is 0 Å². The van der Waals surface area contributed by atoms with Crippen molar-refractivity contribution in [1.82, 2.24) is 0 Å². The molecule has 2 unspecified atom stereocenters. The van der Waals surface area contributed by atoms with E-state index in [9.17, 15) is 0 Å². The second kappa shape index (κ2) is 5.40. The summed E-state index contributed by atoms with van der Waals surface area (Å²) in [6.07, 6.45) is 3.95. The van der Waals surface area contributed by atoms with E-state index >= 15 is 0 Å². The third kappa shape index (κ3) is 2.82. The minimum Gasteiger partial charge on any atom is -0.380 e. The molecule has 16 heavy (non-hydrogen) atoms. The maximum Gasteiger partial charge on any atom is 0.0632 e. The van der Waals surface area contributed by atoms with E-state index in [4.69, 9.17) is 0 Å². The van der Waals surface area contributed by atoms with Crippen LogP contribution in [0.2, 0.25) is 0 Å². The molecule has 1 N–H and O–H groups in total. The van der Waals surface area contributed by atoms with Crippen LogP contribution in [0.3, 0.4) is 0 Å². The van der Waals surface area contributed by atoms with Gasteiger partial charge < -0.3 is 5.32 Å². The van der Waals surface area contributed by atoms with Crippen molar-refractivity contribution in [3.05, 3.63) is 25.6 Å². The van der Waals surface area contributed by atoms with E-state index in [1.54, 1.807) is 0 Å².